The molecule has 1 atom stereocenters. The molecule has 6 heteroatoms. The Balaban J connectivity index is 1.72. The van der Waals surface area contributed by atoms with E-state index in [9.17, 15) is 0 Å². The molecule has 0 aliphatic carbocycles. The van der Waals surface area contributed by atoms with E-state index in [1.807, 2.05) is 24.4 Å². The summed E-state index contributed by atoms with van der Waals surface area (Å²) in [6.07, 6.45) is 2.53. The third-order valence-corrected chi connectivity index (χ3v) is 3.93. The van der Waals surface area contributed by atoms with Crippen LogP contribution in [0.1, 0.15) is 24.6 Å². The molecule has 1 aliphatic heterocycles. The number of hydrazone groups is 1. The number of hydrogen-bond donors (Lipinski definition) is 2. The number of thiocarbonyl (C=S) groups is 1. The molecular weight excluding hydrogens is 266 g/mol. The van der Waals surface area contributed by atoms with Gasteiger partial charge in [0.05, 0.1) is 11.8 Å². The van der Waals surface area contributed by atoms with Gasteiger partial charge < -0.3 is 10.1 Å². The van der Waals surface area contributed by atoms with Crippen LogP contribution < -0.4 is 10.7 Å². The van der Waals surface area contributed by atoms with Crippen LogP contribution in [0.2, 0.25) is 0 Å². The molecule has 0 radical (unpaired) electrons. The monoisotopic (exact) mass is 283 g/mol. The average Bonchev–Trinajstić information content (AvgIpc) is 3.05. The third kappa shape index (κ3) is 4.04. The lowest BCUT2D eigenvalue weighted by molar-refractivity contribution is 0.114. The van der Waals surface area contributed by atoms with E-state index in [0.717, 1.165) is 36.6 Å². The van der Waals surface area contributed by atoms with Crippen LogP contribution in [0.25, 0.3) is 0 Å². The van der Waals surface area contributed by atoms with Crippen LogP contribution in [-0.2, 0) is 4.74 Å². The summed E-state index contributed by atoms with van der Waals surface area (Å²) in [5.74, 6) is 0. The topological polar surface area (TPSA) is 45.7 Å². The van der Waals surface area contributed by atoms with E-state index < -0.39 is 0 Å². The molecule has 2 N–H and O–H groups in total. The number of nitrogens with one attached hydrogen (secondary N) is 2. The third-order valence-electron chi connectivity index (χ3n) is 2.72. The Bertz CT molecular complexity index is 411. The molecule has 18 heavy (non-hydrogen) atoms. The molecule has 0 spiro atoms. The van der Waals surface area contributed by atoms with Crippen molar-refractivity contribution in [1.82, 2.24) is 10.7 Å². The Morgan fingerprint density at radius 3 is 3.22 bits per heavy atom. The van der Waals surface area contributed by atoms with Crippen molar-refractivity contribution in [2.75, 3.05) is 13.2 Å². The van der Waals surface area contributed by atoms with Gasteiger partial charge in [0.1, 0.15) is 0 Å². The van der Waals surface area contributed by atoms with Crippen LogP contribution in [0, 0.1) is 0 Å². The summed E-state index contributed by atoms with van der Waals surface area (Å²) in [4.78, 5) is 1.14. The lowest BCUT2D eigenvalue weighted by Gasteiger charge is -2.12. The second-order valence-electron chi connectivity index (χ2n) is 4.13. The zero-order chi connectivity index (χ0) is 12.8. The highest BCUT2D eigenvalue weighted by molar-refractivity contribution is 7.80. The number of ether oxygens (including phenoxy) is 1. The van der Waals surface area contributed by atoms with Crippen LogP contribution in [0.15, 0.2) is 22.6 Å². The fraction of sp³-hybridized carbons (Fsp3) is 0.500. The van der Waals surface area contributed by atoms with Crippen LogP contribution >= 0.6 is 23.6 Å². The van der Waals surface area contributed by atoms with Gasteiger partial charge in [-0.2, -0.15) is 5.10 Å². The van der Waals surface area contributed by atoms with E-state index >= 15 is 0 Å². The van der Waals surface area contributed by atoms with Gasteiger partial charge >= 0.3 is 0 Å². The quantitative estimate of drug-likeness (QED) is 0.505. The minimum Gasteiger partial charge on any atom is -0.376 e. The highest BCUT2D eigenvalue weighted by atomic mass is 32.1. The van der Waals surface area contributed by atoms with Crippen molar-refractivity contribution >= 4 is 34.4 Å². The van der Waals surface area contributed by atoms with Crippen LogP contribution in [0.3, 0.4) is 0 Å². The highest BCUT2D eigenvalue weighted by Crippen LogP contribution is 2.10. The normalized spacial score (nSPS) is 19.8. The maximum absolute atomic E-state index is 5.50. The van der Waals surface area contributed by atoms with Crippen molar-refractivity contribution in [3.05, 3.63) is 22.4 Å². The summed E-state index contributed by atoms with van der Waals surface area (Å²) in [7, 11) is 0. The molecule has 1 aromatic rings. The fourth-order valence-corrected chi connectivity index (χ4v) is 2.53. The van der Waals surface area contributed by atoms with Crippen LogP contribution in [-0.4, -0.2) is 30.1 Å². The second kappa shape index (κ2) is 6.82. The molecule has 0 amide bonds. The zero-order valence-electron chi connectivity index (χ0n) is 10.3. The maximum atomic E-state index is 5.50. The number of rotatable bonds is 4. The smallest absolute Gasteiger partial charge is 0.187 e. The standard InChI is InChI=1S/C12H17N3OS2/c1-9(11-5-3-7-18-11)14-15-12(17)13-8-10-4-2-6-16-10/h3,5,7,10H,2,4,6,8H2,1H3,(H2,13,15,17)/b14-9-. The van der Waals surface area contributed by atoms with Gasteiger partial charge in [-0.1, -0.05) is 6.07 Å². The van der Waals surface area contributed by atoms with Crippen molar-refractivity contribution in [3.8, 4) is 0 Å². The molecule has 1 aromatic heterocycles. The molecule has 2 rings (SSSR count). The predicted molar refractivity (Wildman–Crippen MR) is 79.2 cm³/mol. The van der Waals surface area contributed by atoms with Crippen molar-refractivity contribution in [2.45, 2.75) is 25.9 Å². The Morgan fingerprint density at radius 2 is 2.56 bits per heavy atom. The average molecular weight is 283 g/mol. The minimum atomic E-state index is 0.284. The van der Waals surface area contributed by atoms with Crippen molar-refractivity contribution in [2.24, 2.45) is 5.10 Å². The van der Waals surface area contributed by atoms with E-state index in [1.54, 1.807) is 11.3 Å². The molecule has 1 aliphatic rings. The van der Waals surface area contributed by atoms with E-state index in [-0.39, 0.29) is 6.10 Å². The Hall–Kier alpha value is -0.980. The first-order valence-electron chi connectivity index (χ1n) is 5.99. The predicted octanol–water partition coefficient (Wildman–Crippen LogP) is 2.12. The minimum absolute atomic E-state index is 0.284. The van der Waals surface area contributed by atoms with Gasteiger partial charge in [0.15, 0.2) is 5.11 Å². The highest BCUT2D eigenvalue weighted by Gasteiger charge is 2.15. The fourth-order valence-electron chi connectivity index (χ4n) is 1.73. The molecule has 0 saturated carbocycles. The van der Waals surface area contributed by atoms with Crippen LogP contribution in [0.4, 0.5) is 0 Å². The van der Waals surface area contributed by atoms with Crippen molar-refractivity contribution in [3.63, 3.8) is 0 Å². The molecule has 0 bridgehead atoms. The maximum Gasteiger partial charge on any atom is 0.187 e. The molecule has 98 valence electrons. The summed E-state index contributed by atoms with van der Waals surface area (Å²) in [5.41, 5.74) is 3.79. The first-order chi connectivity index (χ1) is 8.75. The van der Waals surface area contributed by atoms with Gasteiger partial charge in [0.2, 0.25) is 0 Å². The van der Waals surface area contributed by atoms with Gasteiger partial charge in [-0.05, 0) is 43.4 Å². The SMILES string of the molecule is C/C(=N/NC(=S)NCC1CCCO1)c1cccs1. The lowest BCUT2D eigenvalue weighted by atomic mass is 10.2. The Kier molecular flexibility index (Phi) is 5.10. The van der Waals surface area contributed by atoms with Gasteiger partial charge in [0.25, 0.3) is 0 Å². The van der Waals surface area contributed by atoms with Gasteiger partial charge in [-0.25, -0.2) is 0 Å². The van der Waals surface area contributed by atoms with Crippen molar-refractivity contribution in [1.29, 1.82) is 0 Å². The second-order valence-corrected chi connectivity index (χ2v) is 5.49. The van der Waals surface area contributed by atoms with Gasteiger partial charge in [-0.3, -0.25) is 5.43 Å². The number of nitrogens with zero attached hydrogens (tertiary/aromatic N) is 1. The molecule has 0 aromatic carbocycles. The molecule has 1 saturated heterocycles. The van der Waals surface area contributed by atoms with E-state index in [2.05, 4.69) is 15.8 Å². The van der Waals surface area contributed by atoms with E-state index in [0.29, 0.717) is 5.11 Å². The zero-order valence-corrected chi connectivity index (χ0v) is 11.9. The summed E-state index contributed by atoms with van der Waals surface area (Å²) in [6.45, 7) is 3.57. The number of hydrogen-bond acceptors (Lipinski definition) is 4. The first-order valence-corrected chi connectivity index (χ1v) is 7.28. The summed E-state index contributed by atoms with van der Waals surface area (Å²) >= 11 is 6.82. The Morgan fingerprint density at radius 1 is 1.67 bits per heavy atom. The number of thiophene rings is 1. The largest absolute Gasteiger partial charge is 0.376 e. The lowest BCUT2D eigenvalue weighted by Crippen LogP contribution is -2.37. The van der Waals surface area contributed by atoms with E-state index in [4.69, 9.17) is 17.0 Å². The van der Waals surface area contributed by atoms with Gasteiger partial charge in [0, 0.05) is 18.0 Å². The molecule has 1 fully saturated rings. The molecular formula is C12H17N3OS2. The summed E-state index contributed by atoms with van der Waals surface area (Å²) < 4.78 is 5.50. The van der Waals surface area contributed by atoms with Gasteiger partial charge in [-0.15, -0.1) is 11.3 Å². The summed E-state index contributed by atoms with van der Waals surface area (Å²) in [5, 5.41) is 9.93. The van der Waals surface area contributed by atoms with Crippen molar-refractivity contribution < 1.29 is 4.74 Å². The molecule has 2 heterocycles. The molecule has 1 unspecified atom stereocenters. The van der Waals surface area contributed by atoms with Crippen LogP contribution in [0.5, 0.6) is 0 Å². The van der Waals surface area contributed by atoms with E-state index in [1.165, 1.54) is 0 Å². The first kappa shape index (κ1) is 13.5. The molecule has 4 nitrogen and oxygen atoms in total. The Labute approximate surface area is 116 Å². The summed E-state index contributed by atoms with van der Waals surface area (Å²) in [6, 6.07) is 4.04.